The van der Waals surface area contributed by atoms with Gasteiger partial charge in [-0.15, -0.1) is 0 Å². The zero-order chi connectivity index (χ0) is 32.0. The number of amides is 1. The first-order chi connectivity index (χ1) is 21.0. The minimum absolute atomic E-state index is 0. The number of anilines is 1. The van der Waals surface area contributed by atoms with Crippen LogP contribution in [0, 0.1) is 11.6 Å². The SMILES string of the molecule is CCc1cccc(NC(=O)c2c(-c3ccc(F)cc3)c(-c3ccc(F)cc3)c(/C=C/[C@@H](O)C[C@@H](O)CC(=O)O)n2C(C)C)c1.[NaH]. The Morgan fingerprint density at radius 1 is 0.911 bits per heavy atom. The van der Waals surface area contributed by atoms with Crippen LogP contribution >= 0.6 is 0 Å². The Hall–Kier alpha value is -3.60. The van der Waals surface area contributed by atoms with Gasteiger partial charge in [-0.3, -0.25) is 9.59 Å². The third-order valence-electron chi connectivity index (χ3n) is 7.23. The van der Waals surface area contributed by atoms with Crippen molar-refractivity contribution in [1.29, 1.82) is 0 Å². The number of carbonyl (C=O) groups excluding carboxylic acids is 1. The second-order valence-corrected chi connectivity index (χ2v) is 10.9. The summed E-state index contributed by atoms with van der Waals surface area (Å²) in [7, 11) is 0. The summed E-state index contributed by atoms with van der Waals surface area (Å²) in [6, 6.07) is 18.7. The van der Waals surface area contributed by atoms with Crippen molar-refractivity contribution in [2.75, 3.05) is 5.32 Å². The van der Waals surface area contributed by atoms with Gasteiger partial charge in [-0.25, -0.2) is 8.78 Å². The van der Waals surface area contributed by atoms with Crippen LogP contribution < -0.4 is 5.32 Å². The molecule has 10 heteroatoms. The van der Waals surface area contributed by atoms with Crippen molar-refractivity contribution in [3.8, 4) is 22.3 Å². The quantitative estimate of drug-likeness (QED) is 0.135. The summed E-state index contributed by atoms with van der Waals surface area (Å²) < 4.78 is 29.9. The van der Waals surface area contributed by atoms with Crippen molar-refractivity contribution in [1.82, 2.24) is 4.57 Å². The van der Waals surface area contributed by atoms with E-state index >= 15 is 0 Å². The molecule has 4 aromatic rings. The average molecular weight is 627 g/mol. The molecular formula is C35H37F2N2NaO5. The summed E-state index contributed by atoms with van der Waals surface area (Å²) in [5, 5.41) is 32.7. The number of halogens is 2. The molecule has 0 aliphatic rings. The molecule has 0 saturated heterocycles. The summed E-state index contributed by atoms with van der Waals surface area (Å²) in [4.78, 5) is 25.2. The van der Waals surface area contributed by atoms with Gasteiger partial charge in [0.2, 0.25) is 0 Å². The van der Waals surface area contributed by atoms with E-state index in [9.17, 15) is 28.6 Å². The number of carboxylic acid groups (broad SMARTS) is 1. The fourth-order valence-corrected chi connectivity index (χ4v) is 5.24. The second-order valence-electron chi connectivity index (χ2n) is 10.9. The molecule has 1 heterocycles. The molecule has 0 radical (unpaired) electrons. The predicted molar refractivity (Wildman–Crippen MR) is 174 cm³/mol. The van der Waals surface area contributed by atoms with E-state index in [0.29, 0.717) is 33.6 Å². The monoisotopic (exact) mass is 626 g/mol. The number of carboxylic acids is 1. The van der Waals surface area contributed by atoms with Crippen LogP contribution in [0.15, 0.2) is 78.9 Å². The number of aromatic nitrogens is 1. The molecule has 1 aromatic heterocycles. The molecule has 0 saturated carbocycles. The average Bonchev–Trinajstić information content (AvgIpc) is 3.32. The fourth-order valence-electron chi connectivity index (χ4n) is 5.24. The van der Waals surface area contributed by atoms with Crippen LogP contribution in [0.1, 0.15) is 61.4 Å². The fraction of sp³-hybridized carbons (Fsp3) is 0.257. The molecule has 4 N–H and O–H groups in total. The van der Waals surface area contributed by atoms with Crippen molar-refractivity contribution < 1.29 is 33.7 Å². The van der Waals surface area contributed by atoms with Crippen LogP contribution in [-0.4, -0.2) is 73.5 Å². The van der Waals surface area contributed by atoms with Crippen molar-refractivity contribution in [3.63, 3.8) is 0 Å². The number of nitrogens with one attached hydrogen (secondary N) is 1. The molecule has 7 nitrogen and oxygen atoms in total. The van der Waals surface area contributed by atoms with Crippen LogP contribution in [0.5, 0.6) is 0 Å². The molecule has 0 bridgehead atoms. The topological polar surface area (TPSA) is 112 Å². The van der Waals surface area contributed by atoms with Gasteiger partial charge in [0.15, 0.2) is 0 Å². The van der Waals surface area contributed by atoms with E-state index < -0.39 is 42.1 Å². The Morgan fingerprint density at radius 3 is 2.02 bits per heavy atom. The maximum absolute atomic E-state index is 14.2. The summed E-state index contributed by atoms with van der Waals surface area (Å²) in [6.45, 7) is 5.80. The molecule has 4 rings (SSSR count). The molecule has 0 aliphatic heterocycles. The Labute approximate surface area is 283 Å². The van der Waals surface area contributed by atoms with Gasteiger partial charge in [-0.05, 0) is 79.4 Å². The first-order valence-corrected chi connectivity index (χ1v) is 14.4. The molecule has 45 heavy (non-hydrogen) atoms. The third-order valence-corrected chi connectivity index (χ3v) is 7.23. The van der Waals surface area contributed by atoms with Gasteiger partial charge in [0.1, 0.15) is 17.3 Å². The number of rotatable bonds is 12. The second kappa shape index (κ2) is 16.1. The van der Waals surface area contributed by atoms with E-state index in [1.54, 1.807) is 41.0 Å². The summed E-state index contributed by atoms with van der Waals surface area (Å²) in [5.41, 5.74) is 4.56. The number of carbonyl (C=O) groups is 2. The number of aliphatic carboxylic acids is 1. The summed E-state index contributed by atoms with van der Waals surface area (Å²) in [5.74, 6) is -2.52. The maximum atomic E-state index is 14.2. The van der Waals surface area contributed by atoms with Gasteiger partial charge >= 0.3 is 35.5 Å². The van der Waals surface area contributed by atoms with Gasteiger partial charge < -0.3 is 25.2 Å². The molecule has 232 valence electrons. The third kappa shape index (κ3) is 8.99. The first kappa shape index (κ1) is 35.9. The standard InChI is InChI=1S/C35H36F2N2O5.Na.H/c1-4-22-6-5-7-27(18-22)38-35(44)34-33(24-10-14-26(37)15-11-24)32(23-8-12-25(36)13-9-23)30(39(34)21(2)3)17-16-28(40)19-29(41)20-31(42)43;;/h5-18,21,28-29,40-41H,4,19-20H2,1-3H3,(H,38,44)(H,42,43);;/b17-16+;;/t28-,29-;;/m1../s1. The zero-order valence-electron chi connectivity index (χ0n) is 24.8. The molecular weight excluding hydrogens is 589 g/mol. The van der Waals surface area contributed by atoms with Gasteiger partial charge in [-0.1, -0.05) is 49.4 Å². The molecule has 0 unspecified atom stereocenters. The van der Waals surface area contributed by atoms with Crippen LogP contribution in [0.25, 0.3) is 28.3 Å². The Kier molecular flexibility index (Phi) is 12.8. The molecule has 0 aliphatic carbocycles. The molecule has 0 fully saturated rings. The van der Waals surface area contributed by atoms with E-state index in [4.69, 9.17) is 5.11 Å². The van der Waals surface area contributed by atoms with Crippen molar-refractivity contribution in [2.24, 2.45) is 0 Å². The van der Waals surface area contributed by atoms with E-state index in [0.717, 1.165) is 12.0 Å². The molecule has 2 atom stereocenters. The van der Waals surface area contributed by atoms with E-state index in [1.165, 1.54) is 30.3 Å². The van der Waals surface area contributed by atoms with Gasteiger partial charge in [0.05, 0.1) is 18.6 Å². The van der Waals surface area contributed by atoms with Gasteiger partial charge in [0, 0.05) is 35.0 Å². The minimum atomic E-state index is -1.27. The van der Waals surface area contributed by atoms with Crippen molar-refractivity contribution in [3.05, 3.63) is 107 Å². The molecule has 0 spiro atoms. The Morgan fingerprint density at radius 2 is 1.49 bits per heavy atom. The van der Waals surface area contributed by atoms with E-state index in [1.807, 2.05) is 39.0 Å². The van der Waals surface area contributed by atoms with Crippen LogP contribution in [0.4, 0.5) is 14.5 Å². The predicted octanol–water partition coefficient (Wildman–Crippen LogP) is 6.45. The number of hydrogen-bond acceptors (Lipinski definition) is 4. The summed E-state index contributed by atoms with van der Waals surface area (Å²) in [6.07, 6.45) is 0.598. The van der Waals surface area contributed by atoms with Gasteiger partial charge in [0.25, 0.3) is 5.91 Å². The first-order valence-electron chi connectivity index (χ1n) is 14.4. The Balaban J connectivity index is 0.00000552. The number of benzene rings is 3. The number of aliphatic hydroxyl groups excluding tert-OH is 2. The number of nitrogens with zero attached hydrogens (tertiary/aromatic N) is 1. The zero-order valence-corrected chi connectivity index (χ0v) is 24.8. The van der Waals surface area contributed by atoms with Gasteiger partial charge in [-0.2, -0.15) is 0 Å². The van der Waals surface area contributed by atoms with Crippen LogP contribution in [-0.2, 0) is 11.2 Å². The van der Waals surface area contributed by atoms with Crippen molar-refractivity contribution in [2.45, 2.75) is 58.3 Å². The van der Waals surface area contributed by atoms with Crippen LogP contribution in [0.3, 0.4) is 0 Å². The van der Waals surface area contributed by atoms with E-state index in [-0.39, 0.29) is 47.7 Å². The van der Waals surface area contributed by atoms with Crippen LogP contribution in [0.2, 0.25) is 0 Å². The Bertz CT molecular complexity index is 1650. The molecule has 1 amide bonds. The van der Waals surface area contributed by atoms with Crippen molar-refractivity contribution >= 4 is 53.2 Å². The number of hydrogen-bond donors (Lipinski definition) is 4. The van der Waals surface area contributed by atoms with E-state index in [2.05, 4.69) is 5.32 Å². The number of aryl methyl sites for hydroxylation is 1. The molecule has 3 aromatic carbocycles. The number of aliphatic hydroxyl groups is 2. The normalized spacial score (nSPS) is 12.6. The summed E-state index contributed by atoms with van der Waals surface area (Å²) >= 11 is 0.